The monoisotopic (exact) mass is 254 g/mol. The molecular weight excluding hydrogens is 236 g/mol. The molecule has 2 amide bonds. The fraction of sp³-hybridized carbons (Fsp3) is 0.727. The molecule has 5 nitrogen and oxygen atoms in total. The van der Waals surface area contributed by atoms with Gasteiger partial charge in [0, 0.05) is 6.04 Å². The average Bonchev–Trinajstić information content (AvgIpc) is 2.53. The highest BCUT2D eigenvalue weighted by atomic mass is 32.1. The number of amides is 2. The third-order valence-electron chi connectivity index (χ3n) is 2.94. The fourth-order valence-corrected chi connectivity index (χ4v) is 2.68. The number of carbonyl (C=O) groups is 1. The molecule has 0 aliphatic heterocycles. The maximum Gasteiger partial charge on any atom is 0.321 e. The maximum atomic E-state index is 11.7. The largest absolute Gasteiger partial charge is 0.335 e. The molecule has 0 bridgehead atoms. The standard InChI is InChI=1S/C11H18N4OS/c1-8-14-15-11(17-8)13-10(16)12-9-6-4-2-3-5-7-9/h9H,2-7H2,1H3,(H2,12,13,15,16). The summed E-state index contributed by atoms with van der Waals surface area (Å²) in [6.07, 6.45) is 7.17. The Hall–Kier alpha value is -1.17. The van der Waals surface area contributed by atoms with Gasteiger partial charge in [0.2, 0.25) is 5.13 Å². The first-order chi connectivity index (χ1) is 8.24. The molecule has 1 aliphatic carbocycles. The second-order valence-electron chi connectivity index (χ2n) is 4.41. The van der Waals surface area contributed by atoms with Crippen LogP contribution in [0.1, 0.15) is 43.5 Å². The van der Waals surface area contributed by atoms with Gasteiger partial charge >= 0.3 is 6.03 Å². The highest BCUT2D eigenvalue weighted by molar-refractivity contribution is 7.15. The number of anilines is 1. The first kappa shape index (κ1) is 12.3. The van der Waals surface area contributed by atoms with E-state index in [1.54, 1.807) is 0 Å². The Bertz CT molecular complexity index is 371. The van der Waals surface area contributed by atoms with Crippen LogP contribution in [0.5, 0.6) is 0 Å². The number of aryl methyl sites for hydroxylation is 1. The zero-order chi connectivity index (χ0) is 12.1. The predicted octanol–water partition coefficient (Wildman–Crippen LogP) is 2.69. The van der Waals surface area contributed by atoms with E-state index in [-0.39, 0.29) is 6.03 Å². The molecule has 0 atom stereocenters. The first-order valence-corrected chi connectivity index (χ1v) is 6.93. The van der Waals surface area contributed by atoms with Crippen molar-refractivity contribution in [2.75, 3.05) is 5.32 Å². The van der Waals surface area contributed by atoms with Crippen molar-refractivity contribution in [1.29, 1.82) is 0 Å². The Morgan fingerprint density at radius 1 is 1.24 bits per heavy atom. The predicted molar refractivity (Wildman–Crippen MR) is 68.3 cm³/mol. The SMILES string of the molecule is Cc1nnc(NC(=O)NC2CCCCCC2)s1. The lowest BCUT2D eigenvalue weighted by molar-refractivity contribution is 0.247. The van der Waals surface area contributed by atoms with Crippen molar-refractivity contribution >= 4 is 22.5 Å². The van der Waals surface area contributed by atoms with Gasteiger partial charge in [0.1, 0.15) is 5.01 Å². The summed E-state index contributed by atoms with van der Waals surface area (Å²) in [6, 6.07) is 0.152. The molecule has 1 heterocycles. The second-order valence-corrected chi connectivity index (χ2v) is 5.59. The van der Waals surface area contributed by atoms with Gasteiger partial charge in [0.05, 0.1) is 0 Å². The molecule has 94 valence electrons. The highest BCUT2D eigenvalue weighted by Crippen LogP contribution is 2.18. The van der Waals surface area contributed by atoms with E-state index >= 15 is 0 Å². The number of carbonyl (C=O) groups excluding carboxylic acids is 1. The van der Waals surface area contributed by atoms with E-state index < -0.39 is 0 Å². The van der Waals surface area contributed by atoms with Crippen molar-refractivity contribution < 1.29 is 4.79 Å². The van der Waals surface area contributed by atoms with Crippen LogP contribution in [-0.4, -0.2) is 22.3 Å². The lowest BCUT2D eigenvalue weighted by Crippen LogP contribution is -2.37. The topological polar surface area (TPSA) is 66.9 Å². The molecule has 1 fully saturated rings. The molecule has 0 radical (unpaired) electrons. The normalized spacial score (nSPS) is 17.5. The molecular formula is C11H18N4OS. The van der Waals surface area contributed by atoms with E-state index in [0.29, 0.717) is 11.2 Å². The second kappa shape index (κ2) is 5.95. The van der Waals surface area contributed by atoms with Gasteiger partial charge in [-0.2, -0.15) is 0 Å². The van der Waals surface area contributed by atoms with Gasteiger partial charge in [-0.1, -0.05) is 37.0 Å². The van der Waals surface area contributed by atoms with Gasteiger partial charge < -0.3 is 5.32 Å². The van der Waals surface area contributed by atoms with Crippen LogP contribution >= 0.6 is 11.3 Å². The number of hydrogen-bond donors (Lipinski definition) is 2. The summed E-state index contributed by atoms with van der Waals surface area (Å²) in [5, 5.41) is 14.9. The minimum atomic E-state index is -0.159. The molecule has 1 aliphatic rings. The summed E-state index contributed by atoms with van der Waals surface area (Å²) in [6.45, 7) is 1.87. The van der Waals surface area contributed by atoms with E-state index in [4.69, 9.17) is 0 Å². The number of nitrogens with one attached hydrogen (secondary N) is 2. The quantitative estimate of drug-likeness (QED) is 0.797. The van der Waals surface area contributed by atoms with Gasteiger partial charge in [0.15, 0.2) is 0 Å². The number of hydrogen-bond acceptors (Lipinski definition) is 4. The summed E-state index contributed by atoms with van der Waals surface area (Å²) in [4.78, 5) is 11.7. The van der Waals surface area contributed by atoms with Crippen LogP contribution in [0.15, 0.2) is 0 Å². The van der Waals surface area contributed by atoms with Crippen molar-refractivity contribution in [3.05, 3.63) is 5.01 Å². The van der Waals surface area contributed by atoms with E-state index in [1.807, 2.05) is 6.92 Å². The summed E-state index contributed by atoms with van der Waals surface area (Å²) in [7, 11) is 0. The van der Waals surface area contributed by atoms with Crippen LogP contribution < -0.4 is 10.6 Å². The van der Waals surface area contributed by atoms with E-state index in [2.05, 4.69) is 20.8 Å². The minimum Gasteiger partial charge on any atom is -0.335 e. The highest BCUT2D eigenvalue weighted by Gasteiger charge is 2.15. The van der Waals surface area contributed by atoms with E-state index in [9.17, 15) is 4.79 Å². The summed E-state index contributed by atoms with van der Waals surface area (Å²) in [5.41, 5.74) is 0. The van der Waals surface area contributed by atoms with Crippen molar-refractivity contribution in [2.45, 2.75) is 51.5 Å². The number of nitrogens with zero attached hydrogens (tertiary/aromatic N) is 2. The lowest BCUT2D eigenvalue weighted by Gasteiger charge is -2.15. The molecule has 0 spiro atoms. The van der Waals surface area contributed by atoms with Crippen molar-refractivity contribution in [1.82, 2.24) is 15.5 Å². The Kier molecular flexibility index (Phi) is 4.30. The average molecular weight is 254 g/mol. The number of urea groups is 1. The maximum absolute atomic E-state index is 11.7. The molecule has 0 unspecified atom stereocenters. The molecule has 1 aromatic rings. The molecule has 0 aromatic carbocycles. The first-order valence-electron chi connectivity index (χ1n) is 6.11. The third kappa shape index (κ3) is 3.96. The number of rotatable bonds is 2. The summed E-state index contributed by atoms with van der Waals surface area (Å²) >= 11 is 1.39. The van der Waals surface area contributed by atoms with Gasteiger partial charge in [-0.25, -0.2) is 4.79 Å². The van der Waals surface area contributed by atoms with Gasteiger partial charge in [-0.3, -0.25) is 5.32 Å². The van der Waals surface area contributed by atoms with Crippen LogP contribution in [0, 0.1) is 6.92 Å². The molecule has 1 saturated carbocycles. The Labute approximate surface area is 105 Å². The van der Waals surface area contributed by atoms with Crippen LogP contribution in [0.3, 0.4) is 0 Å². The Balaban J connectivity index is 1.80. The molecule has 2 rings (SSSR count). The summed E-state index contributed by atoms with van der Waals surface area (Å²) in [5.74, 6) is 0. The number of aromatic nitrogens is 2. The smallest absolute Gasteiger partial charge is 0.321 e. The van der Waals surface area contributed by atoms with E-state index in [0.717, 1.165) is 17.8 Å². The summed E-state index contributed by atoms with van der Waals surface area (Å²) < 4.78 is 0. The minimum absolute atomic E-state index is 0.159. The lowest BCUT2D eigenvalue weighted by atomic mass is 10.1. The van der Waals surface area contributed by atoms with Gasteiger partial charge in [-0.15, -0.1) is 10.2 Å². The molecule has 2 N–H and O–H groups in total. The zero-order valence-corrected chi connectivity index (χ0v) is 10.8. The van der Waals surface area contributed by atoms with Gasteiger partial charge in [-0.05, 0) is 19.8 Å². The van der Waals surface area contributed by atoms with Crippen LogP contribution in [0.25, 0.3) is 0 Å². The molecule has 6 heteroatoms. The van der Waals surface area contributed by atoms with Crippen molar-refractivity contribution in [2.24, 2.45) is 0 Å². The molecule has 0 saturated heterocycles. The molecule has 1 aromatic heterocycles. The van der Waals surface area contributed by atoms with Crippen LogP contribution in [0.2, 0.25) is 0 Å². The zero-order valence-electron chi connectivity index (χ0n) is 10.0. The molecule has 17 heavy (non-hydrogen) atoms. The Morgan fingerprint density at radius 3 is 2.53 bits per heavy atom. The fourth-order valence-electron chi connectivity index (χ4n) is 2.09. The van der Waals surface area contributed by atoms with Crippen molar-refractivity contribution in [3.63, 3.8) is 0 Å². The third-order valence-corrected chi connectivity index (χ3v) is 3.69. The van der Waals surface area contributed by atoms with Crippen molar-refractivity contribution in [3.8, 4) is 0 Å². The van der Waals surface area contributed by atoms with Crippen LogP contribution in [-0.2, 0) is 0 Å². The van der Waals surface area contributed by atoms with E-state index in [1.165, 1.54) is 37.0 Å². The van der Waals surface area contributed by atoms with Crippen LogP contribution in [0.4, 0.5) is 9.93 Å². The van der Waals surface area contributed by atoms with Gasteiger partial charge in [0.25, 0.3) is 0 Å². The Morgan fingerprint density at radius 2 is 1.94 bits per heavy atom.